The minimum absolute atomic E-state index is 0.0268. The number of pyridine rings is 2. The average molecular weight is 411 g/mol. The van der Waals surface area contributed by atoms with Crippen LogP contribution in [0.25, 0.3) is 0 Å². The van der Waals surface area contributed by atoms with Crippen LogP contribution < -0.4 is 4.90 Å². The number of alkyl halides is 3. The lowest BCUT2D eigenvalue weighted by Crippen LogP contribution is -2.27. The third kappa shape index (κ3) is 3.15. The van der Waals surface area contributed by atoms with Gasteiger partial charge in [-0.05, 0) is 31.0 Å². The van der Waals surface area contributed by atoms with Crippen LogP contribution in [0.5, 0.6) is 0 Å². The largest absolute Gasteiger partial charge is 0.433 e. The number of fused-ring (bicyclic) bond motifs is 1. The highest BCUT2D eigenvalue weighted by Crippen LogP contribution is 2.41. The second-order valence-electron chi connectivity index (χ2n) is 6.85. The van der Waals surface area contributed by atoms with Crippen LogP contribution in [0, 0.1) is 0 Å². The second kappa shape index (κ2) is 6.26. The van der Waals surface area contributed by atoms with Crippen LogP contribution in [-0.2, 0) is 22.6 Å². The second-order valence-corrected chi connectivity index (χ2v) is 9.10. The molecule has 0 N–H and O–H groups in total. The maximum atomic E-state index is 12.9. The predicted molar refractivity (Wildman–Crippen MR) is 93.7 cm³/mol. The Bertz CT molecular complexity index is 1080. The smallest absolute Gasteiger partial charge is 0.287 e. The van der Waals surface area contributed by atoms with Gasteiger partial charge in [0.25, 0.3) is 5.91 Å². The number of hydrogen-bond donors (Lipinski definition) is 0. The molecule has 2 aromatic heterocycles. The molecule has 1 amide bonds. The minimum atomic E-state index is -4.68. The van der Waals surface area contributed by atoms with Gasteiger partial charge in [-0.1, -0.05) is 6.92 Å². The number of nitrogens with zero attached hydrogens (tertiary/aromatic N) is 3. The number of halogens is 3. The normalized spacial score (nSPS) is 17.1. The lowest BCUT2D eigenvalue weighted by atomic mass is 10.1. The average Bonchev–Trinajstić information content (AvgIpc) is 3.45. The number of aromatic nitrogens is 2. The number of rotatable bonds is 4. The van der Waals surface area contributed by atoms with Gasteiger partial charge in [-0.3, -0.25) is 14.7 Å². The molecule has 2 aromatic rings. The maximum Gasteiger partial charge on any atom is 0.433 e. The van der Waals surface area contributed by atoms with Crippen molar-refractivity contribution in [3.63, 3.8) is 0 Å². The quantitative estimate of drug-likeness (QED) is 0.771. The third-order valence-corrected chi connectivity index (χ3v) is 6.66. The van der Waals surface area contributed by atoms with Gasteiger partial charge in [0.05, 0.1) is 12.3 Å². The van der Waals surface area contributed by atoms with Gasteiger partial charge in [0.2, 0.25) is 0 Å². The van der Waals surface area contributed by atoms with E-state index >= 15 is 0 Å². The monoisotopic (exact) mass is 411 g/mol. The van der Waals surface area contributed by atoms with Crippen molar-refractivity contribution in [3.8, 4) is 0 Å². The first kappa shape index (κ1) is 18.9. The molecule has 1 aliphatic heterocycles. The zero-order valence-electron chi connectivity index (χ0n) is 14.8. The van der Waals surface area contributed by atoms with Crippen molar-refractivity contribution in [2.75, 3.05) is 10.7 Å². The molecule has 148 valence electrons. The Morgan fingerprint density at radius 1 is 1.25 bits per heavy atom. The predicted octanol–water partition coefficient (Wildman–Crippen LogP) is 3.33. The Balaban J connectivity index is 1.81. The molecule has 1 saturated carbocycles. The first-order chi connectivity index (χ1) is 13.1. The van der Waals surface area contributed by atoms with Crippen LogP contribution >= 0.6 is 0 Å². The molecule has 6 nitrogen and oxygen atoms in total. The zero-order valence-corrected chi connectivity index (χ0v) is 15.6. The molecule has 3 heterocycles. The van der Waals surface area contributed by atoms with Crippen molar-refractivity contribution >= 4 is 21.6 Å². The van der Waals surface area contributed by atoms with Crippen molar-refractivity contribution in [2.24, 2.45) is 0 Å². The Morgan fingerprint density at radius 3 is 2.57 bits per heavy atom. The van der Waals surface area contributed by atoms with Crippen molar-refractivity contribution in [1.29, 1.82) is 0 Å². The molecule has 0 bridgehead atoms. The summed E-state index contributed by atoms with van der Waals surface area (Å²) in [5.74, 6) is -0.702. The lowest BCUT2D eigenvalue weighted by Gasteiger charge is -2.19. The van der Waals surface area contributed by atoms with E-state index in [0.717, 1.165) is 23.9 Å². The molecule has 0 radical (unpaired) electrons. The molecular formula is C18H16F3N3O3S. The molecule has 0 unspecified atom stereocenters. The van der Waals surface area contributed by atoms with E-state index in [2.05, 4.69) is 9.97 Å². The molecule has 0 atom stereocenters. The van der Waals surface area contributed by atoms with Crippen LogP contribution in [0.15, 0.2) is 29.3 Å². The molecule has 0 saturated heterocycles. The first-order valence-electron chi connectivity index (χ1n) is 8.73. The zero-order chi connectivity index (χ0) is 20.3. The number of hydrogen-bond acceptors (Lipinski definition) is 5. The molecule has 4 rings (SSSR count). The topological polar surface area (TPSA) is 80.2 Å². The highest BCUT2D eigenvalue weighted by Gasteiger charge is 2.39. The summed E-state index contributed by atoms with van der Waals surface area (Å²) in [4.78, 5) is 21.7. The summed E-state index contributed by atoms with van der Waals surface area (Å²) in [5, 5.41) is 0. The van der Waals surface area contributed by atoms with Gasteiger partial charge in [0.15, 0.2) is 15.7 Å². The summed E-state index contributed by atoms with van der Waals surface area (Å²) in [5.41, 5.74) is -0.317. The molecular weight excluding hydrogens is 395 g/mol. The van der Waals surface area contributed by atoms with Gasteiger partial charge < -0.3 is 0 Å². The first-order valence-corrected chi connectivity index (χ1v) is 10.4. The minimum Gasteiger partial charge on any atom is -0.287 e. The number of sulfone groups is 1. The molecule has 0 spiro atoms. The van der Waals surface area contributed by atoms with Crippen molar-refractivity contribution in [2.45, 2.75) is 43.3 Å². The standard InChI is InChI=1S/C18H16F3N3O3S/c1-2-28(26,27)14-6-5-13(10-3-4-10)23-16(14)24-9-11-8-22-15(18(19,20)21)7-12(11)17(24)25/h5-8,10H,2-4,9H2,1H3. The Kier molecular flexibility index (Phi) is 4.22. The fourth-order valence-electron chi connectivity index (χ4n) is 3.17. The molecule has 28 heavy (non-hydrogen) atoms. The molecule has 0 aromatic carbocycles. The van der Waals surface area contributed by atoms with Gasteiger partial charge >= 0.3 is 6.18 Å². The van der Waals surface area contributed by atoms with Gasteiger partial charge in [0.1, 0.15) is 10.6 Å². The third-order valence-electron chi connectivity index (χ3n) is 4.91. The summed E-state index contributed by atoms with van der Waals surface area (Å²) in [7, 11) is -3.68. The van der Waals surface area contributed by atoms with E-state index < -0.39 is 27.6 Å². The van der Waals surface area contributed by atoms with E-state index in [9.17, 15) is 26.4 Å². The van der Waals surface area contributed by atoms with Crippen molar-refractivity contribution in [1.82, 2.24) is 9.97 Å². The summed E-state index contributed by atoms with van der Waals surface area (Å²) in [6, 6.07) is 3.78. The van der Waals surface area contributed by atoms with E-state index in [4.69, 9.17) is 0 Å². The van der Waals surface area contributed by atoms with E-state index in [1.165, 1.54) is 13.0 Å². The molecule has 2 aliphatic rings. The van der Waals surface area contributed by atoms with Gasteiger partial charge in [-0.2, -0.15) is 13.2 Å². The van der Waals surface area contributed by atoms with Crippen molar-refractivity contribution in [3.05, 3.63) is 46.9 Å². The van der Waals surface area contributed by atoms with E-state index in [-0.39, 0.29) is 34.5 Å². The van der Waals surface area contributed by atoms with Crippen LogP contribution in [0.2, 0.25) is 0 Å². The Labute approximate surface area is 159 Å². The van der Waals surface area contributed by atoms with Gasteiger partial charge in [-0.15, -0.1) is 0 Å². The summed E-state index contributed by atoms with van der Waals surface area (Å²) < 4.78 is 63.8. The highest BCUT2D eigenvalue weighted by molar-refractivity contribution is 7.91. The lowest BCUT2D eigenvalue weighted by molar-refractivity contribution is -0.141. The van der Waals surface area contributed by atoms with Crippen LogP contribution in [0.1, 0.15) is 53.0 Å². The fourth-order valence-corrected chi connectivity index (χ4v) is 4.19. The number of carbonyl (C=O) groups is 1. The van der Waals surface area contributed by atoms with Gasteiger partial charge in [-0.25, -0.2) is 13.4 Å². The van der Waals surface area contributed by atoms with Crippen LogP contribution in [-0.4, -0.2) is 30.0 Å². The maximum absolute atomic E-state index is 12.9. The van der Waals surface area contributed by atoms with Crippen LogP contribution in [0.4, 0.5) is 19.0 Å². The molecule has 1 aliphatic carbocycles. The molecule has 10 heteroatoms. The fraction of sp³-hybridized carbons (Fsp3) is 0.389. The number of anilines is 1. The number of carbonyl (C=O) groups excluding carboxylic acids is 1. The van der Waals surface area contributed by atoms with E-state index in [1.807, 2.05) is 0 Å². The SMILES string of the molecule is CCS(=O)(=O)c1ccc(C2CC2)nc1N1Cc2cnc(C(F)(F)F)cc2C1=O. The summed E-state index contributed by atoms with van der Waals surface area (Å²) in [6.45, 7) is 1.40. The van der Waals surface area contributed by atoms with E-state index in [0.29, 0.717) is 17.3 Å². The Hall–Kier alpha value is -2.49. The van der Waals surface area contributed by atoms with Crippen molar-refractivity contribution < 1.29 is 26.4 Å². The number of amides is 1. The molecule has 1 fully saturated rings. The van der Waals surface area contributed by atoms with Crippen LogP contribution in [0.3, 0.4) is 0 Å². The van der Waals surface area contributed by atoms with E-state index in [1.54, 1.807) is 6.07 Å². The highest BCUT2D eigenvalue weighted by atomic mass is 32.2. The van der Waals surface area contributed by atoms with Gasteiger partial charge in [0, 0.05) is 28.9 Å². The summed E-state index contributed by atoms with van der Waals surface area (Å²) >= 11 is 0. The summed E-state index contributed by atoms with van der Waals surface area (Å²) in [6.07, 6.45) is -1.81. The Morgan fingerprint density at radius 2 is 1.96 bits per heavy atom.